The third-order valence-electron chi connectivity index (χ3n) is 3.36. The van der Waals surface area contributed by atoms with Crippen LogP contribution in [0.4, 0.5) is 18.9 Å². The number of anilines is 1. The number of rotatable bonds is 5. The molecular weight excluding hydrogens is 305 g/mol. The van der Waals surface area contributed by atoms with Crippen LogP contribution in [0.3, 0.4) is 0 Å². The SMILES string of the molecule is CCN(C(=O)CNc1ccc(Cl)c(C(F)(F)F)c1)C1CC1. The largest absolute Gasteiger partial charge is 0.417 e. The molecular formula is C14H16ClF3N2O. The molecule has 1 N–H and O–H groups in total. The van der Waals surface area contributed by atoms with Gasteiger partial charge in [-0.15, -0.1) is 0 Å². The second-order valence-electron chi connectivity index (χ2n) is 4.96. The fourth-order valence-corrected chi connectivity index (χ4v) is 2.38. The molecule has 1 saturated carbocycles. The van der Waals surface area contributed by atoms with Crippen molar-refractivity contribution in [2.45, 2.75) is 32.0 Å². The predicted octanol–water partition coefficient (Wildman–Crippen LogP) is 3.78. The lowest BCUT2D eigenvalue weighted by Crippen LogP contribution is -2.37. The van der Waals surface area contributed by atoms with Gasteiger partial charge in [0.15, 0.2) is 0 Å². The van der Waals surface area contributed by atoms with Crippen molar-refractivity contribution in [3.63, 3.8) is 0 Å². The van der Waals surface area contributed by atoms with Crippen molar-refractivity contribution in [1.29, 1.82) is 0 Å². The standard InChI is InChI=1S/C14H16ClF3N2O/c1-2-20(10-4-5-10)13(21)8-19-9-3-6-12(15)11(7-9)14(16,17)18/h3,6-7,10,19H,2,4-5,8H2,1H3. The van der Waals surface area contributed by atoms with Gasteiger partial charge in [-0.3, -0.25) is 4.79 Å². The molecule has 0 aliphatic heterocycles. The van der Waals surface area contributed by atoms with Gasteiger partial charge in [0, 0.05) is 18.3 Å². The lowest BCUT2D eigenvalue weighted by molar-refractivity contribution is -0.137. The van der Waals surface area contributed by atoms with Crippen LogP contribution in [0.15, 0.2) is 18.2 Å². The molecule has 1 aliphatic rings. The number of nitrogens with zero attached hydrogens (tertiary/aromatic N) is 1. The summed E-state index contributed by atoms with van der Waals surface area (Å²) in [6.07, 6.45) is -2.51. The van der Waals surface area contributed by atoms with Crippen LogP contribution < -0.4 is 5.32 Å². The van der Waals surface area contributed by atoms with Gasteiger partial charge in [-0.25, -0.2) is 0 Å². The van der Waals surface area contributed by atoms with Crippen molar-refractivity contribution in [3.8, 4) is 0 Å². The van der Waals surface area contributed by atoms with Gasteiger partial charge in [-0.05, 0) is 38.0 Å². The first-order valence-corrected chi connectivity index (χ1v) is 7.10. The summed E-state index contributed by atoms with van der Waals surface area (Å²) in [4.78, 5) is 13.7. The van der Waals surface area contributed by atoms with Crippen molar-refractivity contribution in [2.75, 3.05) is 18.4 Å². The quantitative estimate of drug-likeness (QED) is 0.895. The van der Waals surface area contributed by atoms with Gasteiger partial charge in [0.05, 0.1) is 17.1 Å². The molecule has 1 amide bonds. The number of alkyl halides is 3. The van der Waals surface area contributed by atoms with Crippen LogP contribution in [0.25, 0.3) is 0 Å². The number of carbonyl (C=O) groups excluding carboxylic acids is 1. The Morgan fingerprint density at radius 2 is 2.10 bits per heavy atom. The maximum atomic E-state index is 12.7. The van der Waals surface area contributed by atoms with Gasteiger partial charge >= 0.3 is 6.18 Å². The summed E-state index contributed by atoms with van der Waals surface area (Å²) in [7, 11) is 0. The number of benzene rings is 1. The van der Waals surface area contributed by atoms with Crippen LogP contribution in [0.2, 0.25) is 5.02 Å². The Bertz CT molecular complexity index is 529. The summed E-state index contributed by atoms with van der Waals surface area (Å²) in [5.41, 5.74) is -0.678. The normalized spacial score (nSPS) is 14.9. The van der Waals surface area contributed by atoms with E-state index >= 15 is 0 Å². The number of nitrogens with one attached hydrogen (secondary N) is 1. The summed E-state index contributed by atoms with van der Waals surface area (Å²) in [6.45, 7) is 2.48. The first kappa shape index (κ1) is 15.9. The van der Waals surface area contributed by atoms with E-state index in [0.29, 0.717) is 12.6 Å². The van der Waals surface area contributed by atoms with Crippen molar-refractivity contribution in [1.82, 2.24) is 4.90 Å². The van der Waals surface area contributed by atoms with E-state index in [-0.39, 0.29) is 23.2 Å². The molecule has 1 aliphatic carbocycles. The molecule has 2 rings (SSSR count). The van der Waals surface area contributed by atoms with Crippen molar-refractivity contribution >= 4 is 23.2 Å². The lowest BCUT2D eigenvalue weighted by Gasteiger charge is -2.21. The first-order chi connectivity index (χ1) is 9.82. The molecule has 0 saturated heterocycles. The van der Waals surface area contributed by atoms with Gasteiger partial charge < -0.3 is 10.2 Å². The maximum absolute atomic E-state index is 12.7. The summed E-state index contributed by atoms with van der Waals surface area (Å²) < 4.78 is 38.2. The van der Waals surface area contributed by atoms with Gasteiger partial charge in [0.1, 0.15) is 0 Å². The van der Waals surface area contributed by atoms with E-state index < -0.39 is 11.7 Å². The Balaban J connectivity index is 2.01. The zero-order valence-electron chi connectivity index (χ0n) is 11.5. The van der Waals surface area contributed by atoms with E-state index in [1.807, 2.05) is 6.92 Å². The Morgan fingerprint density at radius 3 is 2.62 bits per heavy atom. The molecule has 0 unspecified atom stereocenters. The third-order valence-corrected chi connectivity index (χ3v) is 3.69. The minimum atomic E-state index is -4.51. The van der Waals surface area contributed by atoms with Crippen LogP contribution in [0, 0.1) is 0 Å². The second-order valence-corrected chi connectivity index (χ2v) is 5.36. The minimum Gasteiger partial charge on any atom is -0.376 e. The number of hydrogen-bond donors (Lipinski definition) is 1. The van der Waals surface area contributed by atoms with Gasteiger partial charge in [0.2, 0.25) is 5.91 Å². The van der Waals surface area contributed by atoms with E-state index in [2.05, 4.69) is 5.32 Å². The van der Waals surface area contributed by atoms with Crippen molar-refractivity contribution < 1.29 is 18.0 Å². The molecule has 21 heavy (non-hydrogen) atoms. The van der Waals surface area contributed by atoms with Gasteiger partial charge in [0.25, 0.3) is 0 Å². The minimum absolute atomic E-state index is 0.0245. The van der Waals surface area contributed by atoms with Crippen LogP contribution in [-0.4, -0.2) is 29.9 Å². The number of carbonyl (C=O) groups is 1. The van der Waals surface area contributed by atoms with E-state index in [1.54, 1.807) is 4.90 Å². The van der Waals surface area contributed by atoms with Crippen LogP contribution in [0.1, 0.15) is 25.3 Å². The summed E-state index contributed by atoms with van der Waals surface area (Å²) in [5.74, 6) is -0.108. The number of halogens is 4. The first-order valence-electron chi connectivity index (χ1n) is 6.73. The van der Waals surface area contributed by atoms with Crippen LogP contribution in [-0.2, 0) is 11.0 Å². The molecule has 0 heterocycles. The molecule has 0 radical (unpaired) electrons. The smallest absolute Gasteiger partial charge is 0.376 e. The van der Waals surface area contributed by atoms with Crippen LogP contribution in [0.5, 0.6) is 0 Å². The number of hydrogen-bond acceptors (Lipinski definition) is 2. The highest BCUT2D eigenvalue weighted by Gasteiger charge is 2.34. The predicted molar refractivity (Wildman–Crippen MR) is 75.4 cm³/mol. The fourth-order valence-electron chi connectivity index (χ4n) is 2.16. The highest BCUT2D eigenvalue weighted by Crippen LogP contribution is 2.36. The molecule has 0 bridgehead atoms. The Hall–Kier alpha value is -1.43. The molecule has 3 nitrogen and oxygen atoms in total. The van der Waals surface area contributed by atoms with Gasteiger partial charge in [-0.2, -0.15) is 13.2 Å². The molecule has 1 aromatic carbocycles. The lowest BCUT2D eigenvalue weighted by atomic mass is 10.2. The molecule has 116 valence electrons. The zero-order valence-corrected chi connectivity index (χ0v) is 12.3. The Kier molecular flexibility index (Phi) is 4.66. The fraction of sp³-hybridized carbons (Fsp3) is 0.500. The van der Waals surface area contributed by atoms with E-state index in [4.69, 9.17) is 11.6 Å². The second kappa shape index (κ2) is 6.13. The highest BCUT2D eigenvalue weighted by molar-refractivity contribution is 6.31. The molecule has 7 heteroatoms. The Labute approximate surface area is 126 Å². The third kappa shape index (κ3) is 4.03. The highest BCUT2D eigenvalue weighted by atomic mass is 35.5. The molecule has 0 aromatic heterocycles. The monoisotopic (exact) mass is 320 g/mol. The Morgan fingerprint density at radius 1 is 1.43 bits per heavy atom. The number of likely N-dealkylation sites (N-methyl/N-ethyl adjacent to an activating group) is 1. The molecule has 0 atom stereocenters. The maximum Gasteiger partial charge on any atom is 0.417 e. The van der Waals surface area contributed by atoms with Gasteiger partial charge in [-0.1, -0.05) is 11.6 Å². The summed E-state index contributed by atoms with van der Waals surface area (Å²) >= 11 is 5.54. The van der Waals surface area contributed by atoms with E-state index in [1.165, 1.54) is 12.1 Å². The summed E-state index contributed by atoms with van der Waals surface area (Å²) in [6, 6.07) is 3.82. The molecule has 0 spiro atoms. The number of amides is 1. The van der Waals surface area contributed by atoms with E-state index in [0.717, 1.165) is 18.9 Å². The molecule has 1 aromatic rings. The van der Waals surface area contributed by atoms with Crippen LogP contribution >= 0.6 is 11.6 Å². The summed E-state index contributed by atoms with van der Waals surface area (Å²) in [5, 5.41) is 2.38. The van der Waals surface area contributed by atoms with E-state index in [9.17, 15) is 18.0 Å². The zero-order chi connectivity index (χ0) is 15.6. The van der Waals surface area contributed by atoms with Crippen molar-refractivity contribution in [3.05, 3.63) is 28.8 Å². The topological polar surface area (TPSA) is 32.3 Å². The average Bonchev–Trinajstić information content (AvgIpc) is 3.22. The average molecular weight is 321 g/mol. The van der Waals surface area contributed by atoms with Crippen molar-refractivity contribution in [2.24, 2.45) is 0 Å². The molecule has 1 fully saturated rings.